The van der Waals surface area contributed by atoms with Crippen molar-refractivity contribution in [3.63, 3.8) is 0 Å². The topological polar surface area (TPSA) is 103 Å². The van der Waals surface area contributed by atoms with Gasteiger partial charge in [-0.15, -0.1) is 11.3 Å². The van der Waals surface area contributed by atoms with Crippen LogP contribution in [0.1, 0.15) is 15.2 Å². The van der Waals surface area contributed by atoms with Gasteiger partial charge in [0.1, 0.15) is 9.77 Å². The fourth-order valence-corrected chi connectivity index (χ4v) is 4.74. The Morgan fingerprint density at radius 3 is 2.85 bits per heavy atom. The summed E-state index contributed by atoms with van der Waals surface area (Å²) in [5.41, 5.74) is 2.38. The lowest BCUT2D eigenvalue weighted by Crippen LogP contribution is -2.24. The predicted molar refractivity (Wildman–Crippen MR) is 96.1 cm³/mol. The molecule has 3 aromatic rings. The Hall–Kier alpha value is -2.56. The molecule has 0 unspecified atom stereocenters. The van der Waals surface area contributed by atoms with Crippen LogP contribution in [0, 0.1) is 0 Å². The van der Waals surface area contributed by atoms with Gasteiger partial charge in [0.2, 0.25) is 10.0 Å². The molecule has 0 amide bonds. The summed E-state index contributed by atoms with van der Waals surface area (Å²) in [6, 6.07) is 5.06. The first-order chi connectivity index (χ1) is 12.4. The van der Waals surface area contributed by atoms with E-state index < -0.39 is 16.0 Å². The molecular formula is C16H16N4O4S2. The summed E-state index contributed by atoms with van der Waals surface area (Å²) in [5.74, 6) is -0.680. The molecule has 0 aromatic carbocycles. The number of aromatic nitrogens is 3. The maximum absolute atomic E-state index is 12.5. The minimum absolute atomic E-state index is 0.0392. The first kappa shape index (κ1) is 18.2. The fraction of sp³-hybridized carbons (Fsp3) is 0.188. The van der Waals surface area contributed by atoms with Gasteiger partial charge in [-0.3, -0.25) is 9.67 Å². The zero-order valence-electron chi connectivity index (χ0n) is 14.0. The van der Waals surface area contributed by atoms with Crippen LogP contribution in [0.5, 0.6) is 0 Å². The Labute approximate surface area is 154 Å². The molecule has 0 radical (unpaired) electrons. The lowest BCUT2D eigenvalue weighted by atomic mass is 10.1. The summed E-state index contributed by atoms with van der Waals surface area (Å²) >= 11 is 1.02. The Kier molecular flexibility index (Phi) is 5.16. The monoisotopic (exact) mass is 392 g/mol. The number of nitrogens with one attached hydrogen (secondary N) is 1. The molecule has 1 N–H and O–H groups in total. The normalized spacial score (nSPS) is 11.5. The van der Waals surface area contributed by atoms with Gasteiger partial charge in [0, 0.05) is 37.7 Å². The zero-order valence-corrected chi connectivity index (χ0v) is 15.7. The number of aryl methyl sites for hydroxylation is 1. The van der Waals surface area contributed by atoms with E-state index in [2.05, 4.69) is 19.5 Å². The maximum Gasteiger partial charge on any atom is 0.349 e. The largest absolute Gasteiger partial charge is 0.465 e. The summed E-state index contributed by atoms with van der Waals surface area (Å²) in [7, 11) is -0.837. The lowest BCUT2D eigenvalue weighted by molar-refractivity contribution is 0.0602. The van der Waals surface area contributed by atoms with Crippen molar-refractivity contribution in [1.82, 2.24) is 19.5 Å². The van der Waals surface area contributed by atoms with Crippen molar-refractivity contribution in [1.29, 1.82) is 0 Å². The van der Waals surface area contributed by atoms with Crippen LogP contribution in [0.2, 0.25) is 0 Å². The Morgan fingerprint density at radius 1 is 1.35 bits per heavy atom. The SMILES string of the molecule is COC(=O)c1sccc1S(=O)(=O)NCc1cncc(-c2ccnn2C)c1. The summed E-state index contributed by atoms with van der Waals surface area (Å²) in [5, 5.41) is 5.64. The van der Waals surface area contributed by atoms with Crippen molar-refractivity contribution in [2.45, 2.75) is 11.4 Å². The van der Waals surface area contributed by atoms with E-state index >= 15 is 0 Å². The van der Waals surface area contributed by atoms with Gasteiger partial charge in [-0.1, -0.05) is 0 Å². The van der Waals surface area contributed by atoms with Crippen LogP contribution in [-0.4, -0.2) is 36.3 Å². The first-order valence-corrected chi connectivity index (χ1v) is 9.86. The molecule has 3 rings (SSSR count). The summed E-state index contributed by atoms with van der Waals surface area (Å²) < 4.78 is 33.9. The van der Waals surface area contributed by atoms with Gasteiger partial charge in [-0.25, -0.2) is 17.9 Å². The van der Waals surface area contributed by atoms with Gasteiger partial charge in [-0.2, -0.15) is 5.10 Å². The molecule has 0 spiro atoms. The molecule has 0 fully saturated rings. The van der Waals surface area contributed by atoms with Crippen molar-refractivity contribution in [2.24, 2.45) is 7.05 Å². The molecule has 10 heteroatoms. The number of pyridine rings is 1. The number of methoxy groups -OCH3 is 1. The Balaban J connectivity index is 1.80. The number of carbonyl (C=O) groups is 1. The Morgan fingerprint density at radius 2 is 2.15 bits per heavy atom. The fourth-order valence-electron chi connectivity index (χ4n) is 2.39. The number of hydrogen-bond acceptors (Lipinski definition) is 7. The van der Waals surface area contributed by atoms with Crippen LogP contribution < -0.4 is 4.72 Å². The predicted octanol–water partition coefficient (Wildman–Crippen LogP) is 1.81. The number of ether oxygens (including phenoxy) is 1. The van der Waals surface area contributed by atoms with E-state index in [-0.39, 0.29) is 16.3 Å². The third-order valence-electron chi connectivity index (χ3n) is 3.67. The molecule has 0 saturated heterocycles. The smallest absolute Gasteiger partial charge is 0.349 e. The van der Waals surface area contributed by atoms with E-state index in [1.54, 1.807) is 23.3 Å². The van der Waals surface area contributed by atoms with Gasteiger partial charge in [0.15, 0.2) is 0 Å². The van der Waals surface area contributed by atoms with E-state index in [0.717, 1.165) is 22.6 Å². The molecule has 0 aliphatic carbocycles. The number of esters is 1. The number of nitrogens with zero attached hydrogens (tertiary/aromatic N) is 3. The van der Waals surface area contributed by atoms with Gasteiger partial charge >= 0.3 is 5.97 Å². The van der Waals surface area contributed by atoms with Crippen LogP contribution in [0.3, 0.4) is 0 Å². The van der Waals surface area contributed by atoms with Crippen molar-refractivity contribution >= 4 is 27.3 Å². The van der Waals surface area contributed by atoms with Crippen molar-refractivity contribution < 1.29 is 17.9 Å². The van der Waals surface area contributed by atoms with Gasteiger partial charge in [-0.05, 0) is 29.1 Å². The van der Waals surface area contributed by atoms with Crippen LogP contribution >= 0.6 is 11.3 Å². The quantitative estimate of drug-likeness (QED) is 0.642. The van der Waals surface area contributed by atoms with Crippen LogP contribution in [0.25, 0.3) is 11.3 Å². The highest BCUT2D eigenvalue weighted by Gasteiger charge is 2.24. The number of hydrogen-bond donors (Lipinski definition) is 1. The molecule has 0 bridgehead atoms. The minimum atomic E-state index is -3.86. The van der Waals surface area contributed by atoms with E-state index in [0.29, 0.717) is 5.56 Å². The van der Waals surface area contributed by atoms with E-state index in [1.165, 1.54) is 18.6 Å². The second-order valence-corrected chi connectivity index (χ2v) is 8.00. The summed E-state index contributed by atoms with van der Waals surface area (Å²) in [4.78, 5) is 15.8. The highest BCUT2D eigenvalue weighted by atomic mass is 32.2. The second kappa shape index (κ2) is 7.36. The highest BCUT2D eigenvalue weighted by Crippen LogP contribution is 2.23. The van der Waals surface area contributed by atoms with Crippen LogP contribution in [0.15, 0.2) is 47.1 Å². The molecule has 136 valence electrons. The van der Waals surface area contributed by atoms with Crippen molar-refractivity contribution in [3.05, 3.63) is 52.6 Å². The average Bonchev–Trinajstić information content (AvgIpc) is 3.29. The highest BCUT2D eigenvalue weighted by molar-refractivity contribution is 7.89. The molecule has 3 heterocycles. The van der Waals surface area contributed by atoms with Crippen molar-refractivity contribution in [2.75, 3.05) is 7.11 Å². The molecule has 0 atom stereocenters. The van der Waals surface area contributed by atoms with Crippen molar-refractivity contribution in [3.8, 4) is 11.3 Å². The average molecular weight is 392 g/mol. The molecule has 0 aliphatic heterocycles. The van der Waals surface area contributed by atoms with E-state index in [1.807, 2.05) is 19.2 Å². The molecule has 8 nitrogen and oxygen atoms in total. The maximum atomic E-state index is 12.5. The molecule has 3 aromatic heterocycles. The Bertz CT molecular complexity index is 1040. The van der Waals surface area contributed by atoms with Crippen LogP contribution in [0.4, 0.5) is 0 Å². The van der Waals surface area contributed by atoms with Gasteiger partial charge in [0.05, 0.1) is 12.8 Å². The zero-order chi connectivity index (χ0) is 18.7. The molecule has 0 aliphatic rings. The molecule has 26 heavy (non-hydrogen) atoms. The standard InChI is InChI=1S/C16H16N4O4S2/c1-20-13(3-5-18-20)12-7-11(8-17-10-12)9-19-26(22,23)14-4-6-25-15(14)16(21)24-2/h3-8,10,19H,9H2,1-2H3. The summed E-state index contributed by atoms with van der Waals surface area (Å²) in [6.45, 7) is 0.0392. The first-order valence-electron chi connectivity index (χ1n) is 7.50. The summed E-state index contributed by atoms with van der Waals surface area (Å²) in [6.07, 6.45) is 4.94. The third-order valence-corrected chi connectivity index (χ3v) is 6.13. The van der Waals surface area contributed by atoms with Gasteiger partial charge < -0.3 is 4.74 Å². The lowest BCUT2D eigenvalue weighted by Gasteiger charge is -2.08. The van der Waals surface area contributed by atoms with Gasteiger partial charge in [0.25, 0.3) is 0 Å². The van der Waals surface area contributed by atoms with E-state index in [4.69, 9.17) is 0 Å². The second-order valence-electron chi connectivity index (χ2n) is 5.35. The molecular weight excluding hydrogens is 376 g/mol. The van der Waals surface area contributed by atoms with Crippen LogP contribution in [-0.2, 0) is 28.4 Å². The number of thiophene rings is 1. The third kappa shape index (κ3) is 3.66. The number of rotatable bonds is 6. The number of sulfonamides is 1. The number of carbonyl (C=O) groups excluding carboxylic acids is 1. The van der Waals surface area contributed by atoms with E-state index in [9.17, 15) is 13.2 Å². The minimum Gasteiger partial charge on any atom is -0.465 e. The molecule has 0 saturated carbocycles.